The van der Waals surface area contributed by atoms with E-state index in [4.69, 9.17) is 4.74 Å². The summed E-state index contributed by atoms with van der Waals surface area (Å²) < 4.78 is 5.77. The van der Waals surface area contributed by atoms with Crippen LogP contribution in [0, 0.1) is 6.92 Å². The van der Waals surface area contributed by atoms with Gasteiger partial charge in [0.1, 0.15) is 11.3 Å². The Morgan fingerprint density at radius 3 is 2.74 bits per heavy atom. The third kappa shape index (κ3) is 3.56. The zero-order chi connectivity index (χ0) is 16.2. The van der Waals surface area contributed by atoms with Crippen molar-refractivity contribution in [3.63, 3.8) is 0 Å². The maximum Gasteiger partial charge on any atom is 0.342 e. The van der Waals surface area contributed by atoms with Crippen molar-refractivity contribution >= 4 is 23.7 Å². The molecule has 3 rings (SSSR count). The predicted molar refractivity (Wildman–Crippen MR) is 89.8 cm³/mol. The van der Waals surface area contributed by atoms with Gasteiger partial charge in [0.2, 0.25) is 11.8 Å². The number of para-hydroxylation sites is 1. The number of hydrogen-bond donors (Lipinski definition) is 1. The molecule has 1 saturated heterocycles. The number of thioether (sulfide) groups is 1. The van der Waals surface area contributed by atoms with Crippen LogP contribution in [0.1, 0.15) is 15.9 Å². The summed E-state index contributed by atoms with van der Waals surface area (Å²) in [7, 11) is 0. The number of anilines is 1. The molecule has 2 aromatic rings. The molecular weight excluding hydrogens is 314 g/mol. The Morgan fingerprint density at radius 2 is 2.04 bits per heavy atom. The van der Waals surface area contributed by atoms with Gasteiger partial charge >= 0.3 is 5.97 Å². The number of benzene rings is 1. The van der Waals surface area contributed by atoms with Gasteiger partial charge in [-0.25, -0.2) is 9.78 Å². The number of nitrogens with zero attached hydrogens (tertiary/aromatic N) is 3. The van der Waals surface area contributed by atoms with Gasteiger partial charge in [0, 0.05) is 24.6 Å². The number of carboxylic acid groups (broad SMARTS) is 1. The minimum absolute atomic E-state index is 0.0385. The highest BCUT2D eigenvalue weighted by molar-refractivity contribution is 7.99. The minimum Gasteiger partial charge on any atom is -0.477 e. The van der Waals surface area contributed by atoms with Crippen molar-refractivity contribution in [1.82, 2.24) is 9.97 Å². The van der Waals surface area contributed by atoms with Crippen LogP contribution in [0.25, 0.3) is 0 Å². The van der Waals surface area contributed by atoms with Crippen LogP contribution in [-0.2, 0) is 0 Å². The minimum atomic E-state index is -1.10. The molecule has 0 radical (unpaired) electrons. The van der Waals surface area contributed by atoms with Crippen LogP contribution in [0.3, 0.4) is 0 Å². The summed E-state index contributed by atoms with van der Waals surface area (Å²) in [6.45, 7) is 3.60. The van der Waals surface area contributed by atoms with E-state index in [-0.39, 0.29) is 11.4 Å². The lowest BCUT2D eigenvalue weighted by atomic mass is 10.2. The summed E-state index contributed by atoms with van der Waals surface area (Å²) in [5.74, 6) is 2.10. The van der Waals surface area contributed by atoms with E-state index in [1.807, 2.05) is 41.8 Å². The highest BCUT2D eigenvalue weighted by Crippen LogP contribution is 2.28. The summed E-state index contributed by atoms with van der Waals surface area (Å²) in [6.07, 6.45) is 1.32. The van der Waals surface area contributed by atoms with Crippen molar-refractivity contribution < 1.29 is 14.6 Å². The molecule has 6 nitrogen and oxygen atoms in total. The van der Waals surface area contributed by atoms with Gasteiger partial charge in [0.05, 0.1) is 6.20 Å². The number of rotatable bonds is 4. The Bertz CT molecular complexity index is 717. The SMILES string of the molecule is Cc1ccccc1Oc1nc(N2CCSCC2)ncc1C(=O)O. The van der Waals surface area contributed by atoms with Crippen LogP contribution in [0.4, 0.5) is 5.95 Å². The molecule has 1 N–H and O–H groups in total. The molecular formula is C16H17N3O3S. The summed E-state index contributed by atoms with van der Waals surface area (Å²) >= 11 is 1.89. The van der Waals surface area contributed by atoms with Gasteiger partial charge in [-0.15, -0.1) is 0 Å². The maximum atomic E-state index is 11.4. The van der Waals surface area contributed by atoms with E-state index >= 15 is 0 Å². The molecule has 0 atom stereocenters. The molecule has 0 bridgehead atoms. The van der Waals surface area contributed by atoms with E-state index in [1.165, 1.54) is 6.20 Å². The van der Waals surface area contributed by atoms with E-state index in [2.05, 4.69) is 9.97 Å². The van der Waals surface area contributed by atoms with Crippen molar-refractivity contribution in [3.8, 4) is 11.6 Å². The molecule has 7 heteroatoms. The van der Waals surface area contributed by atoms with Crippen LogP contribution >= 0.6 is 11.8 Å². The number of carboxylic acids is 1. The molecule has 1 aliphatic heterocycles. The second-order valence-corrected chi connectivity index (χ2v) is 6.39. The van der Waals surface area contributed by atoms with Crippen LogP contribution in [0.2, 0.25) is 0 Å². The molecule has 0 spiro atoms. The van der Waals surface area contributed by atoms with Crippen molar-refractivity contribution in [2.24, 2.45) is 0 Å². The average Bonchev–Trinajstić information content (AvgIpc) is 2.57. The first-order valence-electron chi connectivity index (χ1n) is 7.31. The van der Waals surface area contributed by atoms with Crippen LogP contribution in [-0.4, -0.2) is 45.6 Å². The first-order chi connectivity index (χ1) is 11.1. The second-order valence-electron chi connectivity index (χ2n) is 5.16. The molecule has 0 saturated carbocycles. The monoisotopic (exact) mass is 331 g/mol. The van der Waals surface area contributed by atoms with Crippen molar-refractivity contribution in [2.45, 2.75) is 6.92 Å². The summed E-state index contributed by atoms with van der Waals surface area (Å²) in [5, 5.41) is 9.34. The number of carbonyl (C=O) groups is 1. The Kier molecular flexibility index (Phi) is 4.66. The quantitative estimate of drug-likeness (QED) is 0.923. The Balaban J connectivity index is 1.95. The maximum absolute atomic E-state index is 11.4. The Labute approximate surface area is 138 Å². The largest absolute Gasteiger partial charge is 0.477 e. The van der Waals surface area contributed by atoms with E-state index in [9.17, 15) is 9.90 Å². The lowest BCUT2D eigenvalue weighted by Crippen LogP contribution is -2.34. The molecule has 1 aliphatic rings. The Morgan fingerprint density at radius 1 is 1.30 bits per heavy atom. The van der Waals surface area contributed by atoms with E-state index < -0.39 is 5.97 Å². The predicted octanol–water partition coefficient (Wildman–Crippen LogP) is 2.83. The lowest BCUT2D eigenvalue weighted by molar-refractivity contribution is 0.0693. The molecule has 1 aromatic carbocycles. The number of ether oxygens (including phenoxy) is 1. The van der Waals surface area contributed by atoms with Crippen LogP contribution < -0.4 is 9.64 Å². The highest BCUT2D eigenvalue weighted by atomic mass is 32.2. The van der Waals surface area contributed by atoms with E-state index in [0.717, 1.165) is 30.2 Å². The first kappa shape index (κ1) is 15.6. The number of aryl methyl sites for hydroxylation is 1. The summed E-state index contributed by atoms with van der Waals surface area (Å²) in [4.78, 5) is 22.0. The van der Waals surface area contributed by atoms with E-state index in [0.29, 0.717) is 11.7 Å². The fourth-order valence-electron chi connectivity index (χ4n) is 2.27. The first-order valence-corrected chi connectivity index (χ1v) is 8.47. The number of aromatic nitrogens is 2. The lowest BCUT2D eigenvalue weighted by Gasteiger charge is -2.26. The molecule has 120 valence electrons. The fraction of sp³-hybridized carbons (Fsp3) is 0.312. The zero-order valence-corrected chi connectivity index (χ0v) is 13.5. The van der Waals surface area contributed by atoms with Crippen LogP contribution in [0.15, 0.2) is 30.5 Å². The molecule has 1 fully saturated rings. The standard InChI is InChI=1S/C16H17N3O3S/c1-11-4-2-3-5-13(11)22-14-12(15(20)21)10-17-16(18-14)19-6-8-23-9-7-19/h2-5,10H,6-9H2,1H3,(H,20,21). The zero-order valence-electron chi connectivity index (χ0n) is 12.7. The van der Waals surface area contributed by atoms with Crippen molar-refractivity contribution in [2.75, 3.05) is 29.5 Å². The topological polar surface area (TPSA) is 75.5 Å². The van der Waals surface area contributed by atoms with E-state index in [1.54, 1.807) is 6.07 Å². The van der Waals surface area contributed by atoms with Gasteiger partial charge in [0.25, 0.3) is 0 Å². The number of hydrogen-bond acceptors (Lipinski definition) is 6. The number of aromatic carboxylic acids is 1. The van der Waals surface area contributed by atoms with Gasteiger partial charge in [-0.3, -0.25) is 0 Å². The van der Waals surface area contributed by atoms with Gasteiger partial charge in [-0.2, -0.15) is 16.7 Å². The molecule has 0 unspecified atom stereocenters. The van der Waals surface area contributed by atoms with Gasteiger partial charge in [0.15, 0.2) is 0 Å². The molecule has 23 heavy (non-hydrogen) atoms. The van der Waals surface area contributed by atoms with Crippen LogP contribution in [0.5, 0.6) is 11.6 Å². The molecule has 2 heterocycles. The van der Waals surface area contributed by atoms with Crippen molar-refractivity contribution in [1.29, 1.82) is 0 Å². The normalized spacial score (nSPS) is 14.6. The molecule has 1 aromatic heterocycles. The summed E-state index contributed by atoms with van der Waals surface area (Å²) in [5.41, 5.74) is 0.877. The van der Waals surface area contributed by atoms with Crippen molar-refractivity contribution in [3.05, 3.63) is 41.6 Å². The Hall–Kier alpha value is -2.28. The third-order valence-corrected chi connectivity index (χ3v) is 4.51. The molecule has 0 aliphatic carbocycles. The second kappa shape index (κ2) is 6.87. The summed E-state index contributed by atoms with van der Waals surface area (Å²) in [6, 6.07) is 7.43. The third-order valence-electron chi connectivity index (χ3n) is 3.57. The fourth-order valence-corrected chi connectivity index (χ4v) is 3.18. The van der Waals surface area contributed by atoms with Gasteiger partial charge < -0.3 is 14.7 Å². The smallest absolute Gasteiger partial charge is 0.342 e. The average molecular weight is 331 g/mol. The molecule has 0 amide bonds. The van der Waals surface area contributed by atoms with Gasteiger partial charge in [-0.1, -0.05) is 18.2 Å². The van der Waals surface area contributed by atoms with Gasteiger partial charge in [-0.05, 0) is 18.6 Å². The highest BCUT2D eigenvalue weighted by Gasteiger charge is 2.20.